The number of pyridine rings is 1. The molecule has 1 aromatic heterocycles. The minimum Gasteiger partial charge on any atom is -0.444 e. The molecule has 0 radical (unpaired) electrons. The van der Waals surface area contributed by atoms with Gasteiger partial charge in [-0.1, -0.05) is 0 Å². The number of hydrogen-bond acceptors (Lipinski definition) is 5. The summed E-state index contributed by atoms with van der Waals surface area (Å²) in [4.78, 5) is 20.5. The van der Waals surface area contributed by atoms with Gasteiger partial charge >= 0.3 is 6.09 Å². The molecule has 0 atom stereocenters. The van der Waals surface area contributed by atoms with Crippen LogP contribution >= 0.6 is 0 Å². The van der Waals surface area contributed by atoms with Crippen molar-refractivity contribution >= 4 is 11.9 Å². The normalized spacial score (nSPS) is 19.6. The molecule has 0 N–H and O–H groups in total. The van der Waals surface area contributed by atoms with Crippen LogP contribution in [-0.4, -0.2) is 47.8 Å². The molecular formula is C18H24N4O2. The highest BCUT2D eigenvalue weighted by atomic mass is 16.6. The highest BCUT2D eigenvalue weighted by Gasteiger charge is 2.46. The van der Waals surface area contributed by atoms with Gasteiger partial charge in [0.2, 0.25) is 0 Å². The maximum Gasteiger partial charge on any atom is 0.410 e. The fourth-order valence-corrected chi connectivity index (χ4v) is 3.37. The molecule has 128 valence electrons. The fourth-order valence-electron chi connectivity index (χ4n) is 3.37. The number of amides is 1. The first-order valence-corrected chi connectivity index (χ1v) is 8.39. The maximum absolute atomic E-state index is 12.1. The van der Waals surface area contributed by atoms with Gasteiger partial charge in [-0.15, -0.1) is 0 Å². The molecule has 24 heavy (non-hydrogen) atoms. The summed E-state index contributed by atoms with van der Waals surface area (Å²) in [5.74, 6) is 0.925. The van der Waals surface area contributed by atoms with Crippen molar-refractivity contribution in [2.45, 2.75) is 39.2 Å². The number of hydrogen-bond donors (Lipinski definition) is 0. The number of carbonyl (C=O) groups excluding carboxylic acids is 1. The molecule has 0 aromatic carbocycles. The molecule has 3 heterocycles. The maximum atomic E-state index is 12.1. The quantitative estimate of drug-likeness (QED) is 0.793. The molecule has 3 rings (SSSR count). The van der Waals surface area contributed by atoms with E-state index in [4.69, 9.17) is 10.00 Å². The molecule has 2 saturated heterocycles. The van der Waals surface area contributed by atoms with Gasteiger partial charge in [0.15, 0.2) is 0 Å². The van der Waals surface area contributed by atoms with E-state index >= 15 is 0 Å². The minimum absolute atomic E-state index is 0.206. The van der Waals surface area contributed by atoms with Crippen LogP contribution in [0.4, 0.5) is 10.6 Å². The number of anilines is 1. The first-order valence-electron chi connectivity index (χ1n) is 8.39. The molecule has 6 nitrogen and oxygen atoms in total. The Morgan fingerprint density at radius 2 is 1.96 bits per heavy atom. The molecule has 0 unspecified atom stereocenters. The molecular weight excluding hydrogens is 304 g/mol. The van der Waals surface area contributed by atoms with Gasteiger partial charge in [0.05, 0.1) is 5.56 Å². The van der Waals surface area contributed by atoms with E-state index in [1.54, 1.807) is 12.3 Å². The Morgan fingerprint density at radius 1 is 1.29 bits per heavy atom. The monoisotopic (exact) mass is 328 g/mol. The summed E-state index contributed by atoms with van der Waals surface area (Å²) in [6.45, 7) is 9.12. The summed E-state index contributed by atoms with van der Waals surface area (Å²) in [6, 6.07) is 5.80. The van der Waals surface area contributed by atoms with Crippen LogP contribution < -0.4 is 4.90 Å². The molecule has 2 aliphatic heterocycles. The number of carbonyl (C=O) groups is 1. The Labute approximate surface area is 143 Å². The van der Waals surface area contributed by atoms with Crippen LogP contribution in [0.5, 0.6) is 0 Å². The van der Waals surface area contributed by atoms with Gasteiger partial charge in [-0.2, -0.15) is 5.26 Å². The van der Waals surface area contributed by atoms with Crippen LogP contribution in [0.2, 0.25) is 0 Å². The highest BCUT2D eigenvalue weighted by Crippen LogP contribution is 2.42. The zero-order valence-electron chi connectivity index (χ0n) is 14.6. The van der Waals surface area contributed by atoms with Crippen molar-refractivity contribution in [2.75, 3.05) is 31.1 Å². The van der Waals surface area contributed by atoms with Crippen LogP contribution in [0.25, 0.3) is 0 Å². The van der Waals surface area contributed by atoms with Gasteiger partial charge in [-0.3, -0.25) is 0 Å². The number of rotatable bonds is 1. The van der Waals surface area contributed by atoms with E-state index in [1.807, 2.05) is 31.7 Å². The second kappa shape index (κ2) is 5.97. The van der Waals surface area contributed by atoms with E-state index in [-0.39, 0.29) is 11.5 Å². The fraction of sp³-hybridized carbons (Fsp3) is 0.611. The Balaban J connectivity index is 1.51. The van der Waals surface area contributed by atoms with Crippen molar-refractivity contribution in [3.8, 4) is 6.07 Å². The molecule has 0 saturated carbocycles. The zero-order chi connectivity index (χ0) is 17.4. The van der Waals surface area contributed by atoms with E-state index in [9.17, 15) is 4.79 Å². The molecule has 2 aliphatic rings. The lowest BCUT2D eigenvalue weighted by molar-refractivity contribution is 0.00590. The van der Waals surface area contributed by atoms with Gasteiger partial charge in [-0.05, 0) is 45.7 Å². The van der Waals surface area contributed by atoms with Crippen molar-refractivity contribution in [3.05, 3.63) is 23.9 Å². The Morgan fingerprint density at radius 3 is 2.46 bits per heavy atom. The number of nitriles is 1. The van der Waals surface area contributed by atoms with Crippen LogP contribution in [0.15, 0.2) is 18.3 Å². The molecule has 0 bridgehead atoms. The lowest BCUT2D eigenvalue weighted by Crippen LogP contribution is -2.61. The van der Waals surface area contributed by atoms with Gasteiger partial charge in [0.1, 0.15) is 17.5 Å². The standard InChI is InChI=1S/C18H24N4O2/c1-17(2,3)24-16(23)21-8-6-18(7-9-21)12-22(13-18)15-5-4-14(10-19)11-20-15/h4-5,11H,6-9,12-13H2,1-3H3. The average molecular weight is 328 g/mol. The topological polar surface area (TPSA) is 69.5 Å². The third-order valence-electron chi connectivity index (χ3n) is 4.73. The Bertz CT molecular complexity index is 641. The summed E-state index contributed by atoms with van der Waals surface area (Å²) < 4.78 is 5.45. The summed E-state index contributed by atoms with van der Waals surface area (Å²) in [5.41, 5.74) is 0.425. The van der Waals surface area contributed by atoms with Gasteiger partial charge < -0.3 is 14.5 Å². The summed E-state index contributed by atoms with van der Waals surface area (Å²) >= 11 is 0. The van der Waals surface area contributed by atoms with E-state index in [2.05, 4.69) is 16.0 Å². The SMILES string of the molecule is CC(C)(C)OC(=O)N1CCC2(CC1)CN(c1ccc(C#N)cn1)C2. The smallest absolute Gasteiger partial charge is 0.410 e. The first kappa shape index (κ1) is 16.6. The van der Waals surface area contributed by atoms with E-state index in [1.165, 1.54) is 0 Å². The Kier molecular flexibility index (Phi) is 4.12. The largest absolute Gasteiger partial charge is 0.444 e. The van der Waals surface area contributed by atoms with Crippen LogP contribution in [0, 0.1) is 16.7 Å². The third-order valence-corrected chi connectivity index (χ3v) is 4.73. The predicted molar refractivity (Wildman–Crippen MR) is 90.6 cm³/mol. The molecule has 0 aliphatic carbocycles. The number of piperidine rings is 1. The number of ether oxygens (including phenoxy) is 1. The predicted octanol–water partition coefficient (Wildman–Crippen LogP) is 2.79. The van der Waals surface area contributed by atoms with Crippen molar-refractivity contribution in [1.82, 2.24) is 9.88 Å². The lowest BCUT2D eigenvalue weighted by Gasteiger charge is -2.54. The van der Waals surface area contributed by atoms with E-state index < -0.39 is 5.60 Å². The lowest BCUT2D eigenvalue weighted by atomic mass is 9.72. The molecule has 6 heteroatoms. The number of nitrogens with zero attached hydrogens (tertiary/aromatic N) is 4. The molecule has 1 aromatic rings. The van der Waals surface area contributed by atoms with Gasteiger partial charge in [0.25, 0.3) is 0 Å². The van der Waals surface area contributed by atoms with Crippen LogP contribution in [-0.2, 0) is 4.74 Å². The number of aromatic nitrogens is 1. The Hall–Kier alpha value is -2.29. The number of likely N-dealkylation sites (tertiary alicyclic amines) is 1. The summed E-state index contributed by atoms with van der Waals surface area (Å²) in [5, 5.41) is 8.83. The molecule has 2 fully saturated rings. The second-order valence-electron chi connectivity index (χ2n) is 7.84. The van der Waals surface area contributed by atoms with Gasteiger partial charge in [0, 0.05) is 37.8 Å². The molecule has 1 amide bonds. The second-order valence-corrected chi connectivity index (χ2v) is 7.84. The van der Waals surface area contributed by atoms with Gasteiger partial charge in [-0.25, -0.2) is 9.78 Å². The molecule has 1 spiro atoms. The van der Waals surface area contributed by atoms with E-state index in [0.717, 1.165) is 44.8 Å². The summed E-state index contributed by atoms with van der Waals surface area (Å²) in [6.07, 6.45) is 3.41. The van der Waals surface area contributed by atoms with E-state index in [0.29, 0.717) is 5.56 Å². The summed E-state index contributed by atoms with van der Waals surface area (Å²) in [7, 11) is 0. The van der Waals surface area contributed by atoms with Crippen molar-refractivity contribution in [2.24, 2.45) is 5.41 Å². The zero-order valence-corrected chi connectivity index (χ0v) is 14.6. The minimum atomic E-state index is -0.444. The average Bonchev–Trinajstić information content (AvgIpc) is 2.51. The van der Waals surface area contributed by atoms with Crippen LogP contribution in [0.1, 0.15) is 39.2 Å². The van der Waals surface area contributed by atoms with Crippen molar-refractivity contribution in [1.29, 1.82) is 5.26 Å². The third kappa shape index (κ3) is 3.45. The highest BCUT2D eigenvalue weighted by molar-refractivity contribution is 5.68. The first-order chi connectivity index (χ1) is 11.3. The van der Waals surface area contributed by atoms with Crippen LogP contribution in [0.3, 0.4) is 0 Å². The van der Waals surface area contributed by atoms with Crippen molar-refractivity contribution < 1.29 is 9.53 Å². The van der Waals surface area contributed by atoms with Crippen molar-refractivity contribution in [3.63, 3.8) is 0 Å².